The van der Waals surface area contributed by atoms with Gasteiger partial charge in [0.15, 0.2) is 12.3 Å². The highest BCUT2D eigenvalue weighted by Crippen LogP contribution is 2.16. The molecular formula is C18H13F2N3O4. The van der Waals surface area contributed by atoms with E-state index in [0.717, 1.165) is 16.8 Å². The lowest BCUT2D eigenvalue weighted by Gasteiger charge is -2.09. The molecule has 0 atom stereocenters. The van der Waals surface area contributed by atoms with Crippen molar-refractivity contribution in [2.24, 2.45) is 7.05 Å². The predicted octanol–water partition coefficient (Wildman–Crippen LogP) is 2.01. The molecule has 2 aromatic carbocycles. The number of anilines is 1. The Hall–Kier alpha value is -3.62. The van der Waals surface area contributed by atoms with Gasteiger partial charge in [0, 0.05) is 18.5 Å². The van der Waals surface area contributed by atoms with Crippen LogP contribution in [0.3, 0.4) is 0 Å². The number of carbonyl (C=O) groups is 2. The SMILES string of the molecule is Cn1nc(C(=O)OCC(=O)Nc2ccc(F)cc2F)c2ccccc2c1=O. The van der Waals surface area contributed by atoms with Crippen LogP contribution in [-0.2, 0) is 16.6 Å². The Morgan fingerprint density at radius 2 is 1.85 bits per heavy atom. The van der Waals surface area contributed by atoms with E-state index >= 15 is 0 Å². The number of esters is 1. The molecule has 0 fully saturated rings. The fraction of sp³-hybridized carbons (Fsp3) is 0.111. The third-order valence-corrected chi connectivity index (χ3v) is 3.69. The largest absolute Gasteiger partial charge is 0.451 e. The summed E-state index contributed by atoms with van der Waals surface area (Å²) in [5.41, 5.74) is -0.761. The second kappa shape index (κ2) is 7.32. The van der Waals surface area contributed by atoms with E-state index in [0.29, 0.717) is 6.07 Å². The van der Waals surface area contributed by atoms with Crippen molar-refractivity contribution in [3.05, 3.63) is 70.1 Å². The molecule has 0 aliphatic rings. The molecule has 1 heterocycles. The van der Waals surface area contributed by atoms with Gasteiger partial charge in [0.2, 0.25) is 0 Å². The first kappa shape index (κ1) is 18.2. The topological polar surface area (TPSA) is 90.3 Å². The van der Waals surface area contributed by atoms with E-state index in [4.69, 9.17) is 4.74 Å². The van der Waals surface area contributed by atoms with E-state index in [2.05, 4.69) is 10.4 Å². The molecule has 0 aliphatic heterocycles. The number of nitrogens with zero attached hydrogens (tertiary/aromatic N) is 2. The van der Waals surface area contributed by atoms with E-state index in [-0.39, 0.29) is 27.7 Å². The van der Waals surface area contributed by atoms with Gasteiger partial charge in [0.05, 0.1) is 11.1 Å². The van der Waals surface area contributed by atoms with E-state index in [1.54, 1.807) is 18.2 Å². The molecule has 1 amide bonds. The molecule has 0 unspecified atom stereocenters. The van der Waals surface area contributed by atoms with Crippen molar-refractivity contribution < 1.29 is 23.1 Å². The quantitative estimate of drug-likeness (QED) is 0.707. The number of carbonyl (C=O) groups excluding carboxylic acids is 2. The zero-order valence-corrected chi connectivity index (χ0v) is 14.0. The number of ether oxygens (including phenoxy) is 1. The monoisotopic (exact) mass is 373 g/mol. The van der Waals surface area contributed by atoms with Gasteiger partial charge in [-0.3, -0.25) is 9.59 Å². The molecule has 0 saturated heterocycles. The lowest BCUT2D eigenvalue weighted by molar-refractivity contribution is -0.119. The summed E-state index contributed by atoms with van der Waals surface area (Å²) >= 11 is 0. The third-order valence-electron chi connectivity index (χ3n) is 3.69. The molecule has 1 N–H and O–H groups in total. The number of rotatable bonds is 4. The van der Waals surface area contributed by atoms with Crippen molar-refractivity contribution in [1.29, 1.82) is 0 Å². The standard InChI is InChI=1S/C18H13F2N3O4/c1-23-17(25)12-5-3-2-4-11(12)16(22-23)18(26)27-9-15(24)21-14-7-6-10(19)8-13(14)20/h2-8H,9H2,1H3,(H,21,24). The molecule has 0 bridgehead atoms. The Morgan fingerprint density at radius 1 is 1.15 bits per heavy atom. The summed E-state index contributed by atoms with van der Waals surface area (Å²) < 4.78 is 32.3. The zero-order valence-electron chi connectivity index (χ0n) is 14.0. The summed E-state index contributed by atoms with van der Waals surface area (Å²) in [4.78, 5) is 36.2. The number of halogens is 2. The average Bonchev–Trinajstić information content (AvgIpc) is 2.65. The summed E-state index contributed by atoms with van der Waals surface area (Å²) in [5, 5.41) is 6.62. The summed E-state index contributed by atoms with van der Waals surface area (Å²) in [6.45, 7) is -0.714. The van der Waals surface area contributed by atoms with Gasteiger partial charge in [-0.15, -0.1) is 0 Å². The fourth-order valence-electron chi connectivity index (χ4n) is 2.43. The van der Waals surface area contributed by atoms with Crippen LogP contribution >= 0.6 is 0 Å². The molecule has 3 rings (SSSR count). The number of aryl methyl sites for hydroxylation is 1. The van der Waals surface area contributed by atoms with Gasteiger partial charge in [-0.1, -0.05) is 18.2 Å². The smallest absolute Gasteiger partial charge is 0.359 e. The lowest BCUT2D eigenvalue weighted by atomic mass is 10.1. The molecule has 0 aliphatic carbocycles. The maximum absolute atomic E-state index is 13.5. The van der Waals surface area contributed by atoms with Crippen LogP contribution in [0.4, 0.5) is 14.5 Å². The predicted molar refractivity (Wildman–Crippen MR) is 92.3 cm³/mol. The van der Waals surface area contributed by atoms with Crippen LogP contribution in [0.2, 0.25) is 0 Å². The molecule has 3 aromatic rings. The van der Waals surface area contributed by atoms with Crippen LogP contribution in [0.1, 0.15) is 10.5 Å². The molecule has 138 valence electrons. The molecule has 0 saturated carbocycles. The van der Waals surface area contributed by atoms with Crippen LogP contribution in [-0.4, -0.2) is 28.3 Å². The number of amides is 1. The van der Waals surface area contributed by atoms with Crippen LogP contribution in [0.15, 0.2) is 47.3 Å². The fourth-order valence-corrected chi connectivity index (χ4v) is 2.43. The minimum Gasteiger partial charge on any atom is -0.451 e. The average molecular weight is 373 g/mol. The summed E-state index contributed by atoms with van der Waals surface area (Å²) in [5.74, 6) is -3.48. The van der Waals surface area contributed by atoms with Gasteiger partial charge in [0.1, 0.15) is 11.6 Å². The Labute approximate surface area is 151 Å². The number of fused-ring (bicyclic) bond motifs is 1. The van der Waals surface area contributed by atoms with Gasteiger partial charge in [-0.2, -0.15) is 5.10 Å². The highest BCUT2D eigenvalue weighted by atomic mass is 19.1. The van der Waals surface area contributed by atoms with Gasteiger partial charge in [-0.05, 0) is 18.2 Å². The van der Waals surface area contributed by atoms with Crippen molar-refractivity contribution in [2.75, 3.05) is 11.9 Å². The van der Waals surface area contributed by atoms with E-state index in [9.17, 15) is 23.2 Å². The van der Waals surface area contributed by atoms with Crippen LogP contribution in [0, 0.1) is 11.6 Å². The minimum absolute atomic E-state index is 0.131. The van der Waals surface area contributed by atoms with Crippen molar-refractivity contribution in [2.45, 2.75) is 0 Å². The zero-order chi connectivity index (χ0) is 19.6. The second-order valence-electron chi connectivity index (χ2n) is 5.57. The van der Waals surface area contributed by atoms with Gasteiger partial charge >= 0.3 is 5.97 Å². The summed E-state index contributed by atoms with van der Waals surface area (Å²) in [6.07, 6.45) is 0. The van der Waals surface area contributed by atoms with E-state index < -0.39 is 30.1 Å². The molecular weight excluding hydrogens is 360 g/mol. The first-order chi connectivity index (χ1) is 12.9. The molecule has 9 heteroatoms. The minimum atomic E-state index is -0.958. The highest BCUT2D eigenvalue weighted by Gasteiger charge is 2.18. The van der Waals surface area contributed by atoms with Crippen molar-refractivity contribution in [3.63, 3.8) is 0 Å². The second-order valence-corrected chi connectivity index (χ2v) is 5.57. The molecule has 0 spiro atoms. The maximum Gasteiger partial charge on any atom is 0.359 e. The van der Waals surface area contributed by atoms with Gasteiger partial charge in [-0.25, -0.2) is 18.3 Å². The van der Waals surface area contributed by atoms with Crippen LogP contribution < -0.4 is 10.9 Å². The number of aromatic nitrogens is 2. The first-order valence-electron chi connectivity index (χ1n) is 7.75. The number of nitrogens with one attached hydrogen (secondary N) is 1. The molecule has 27 heavy (non-hydrogen) atoms. The third kappa shape index (κ3) is 3.81. The van der Waals surface area contributed by atoms with E-state index in [1.165, 1.54) is 13.1 Å². The number of hydrogen-bond acceptors (Lipinski definition) is 5. The lowest BCUT2D eigenvalue weighted by Crippen LogP contribution is -2.26. The molecule has 0 radical (unpaired) electrons. The molecule has 1 aromatic heterocycles. The van der Waals surface area contributed by atoms with Crippen LogP contribution in [0.5, 0.6) is 0 Å². The summed E-state index contributed by atoms with van der Waals surface area (Å²) in [6, 6.07) is 8.99. The van der Waals surface area contributed by atoms with Gasteiger partial charge < -0.3 is 10.1 Å². The van der Waals surface area contributed by atoms with Crippen LogP contribution in [0.25, 0.3) is 10.8 Å². The van der Waals surface area contributed by atoms with Gasteiger partial charge in [0.25, 0.3) is 11.5 Å². The Balaban J connectivity index is 1.75. The maximum atomic E-state index is 13.5. The Kier molecular flexibility index (Phi) is 4.93. The normalized spacial score (nSPS) is 10.6. The Morgan fingerprint density at radius 3 is 2.56 bits per heavy atom. The van der Waals surface area contributed by atoms with Crippen molar-refractivity contribution in [3.8, 4) is 0 Å². The first-order valence-corrected chi connectivity index (χ1v) is 7.75. The Bertz CT molecular complexity index is 1110. The van der Waals surface area contributed by atoms with Crippen molar-refractivity contribution in [1.82, 2.24) is 9.78 Å². The number of benzene rings is 2. The number of hydrogen-bond donors (Lipinski definition) is 1. The van der Waals surface area contributed by atoms with E-state index in [1.807, 2.05) is 0 Å². The molecule has 7 nitrogen and oxygen atoms in total. The summed E-state index contributed by atoms with van der Waals surface area (Å²) in [7, 11) is 1.38. The van der Waals surface area contributed by atoms with Crippen molar-refractivity contribution >= 4 is 28.3 Å². The highest BCUT2D eigenvalue weighted by molar-refractivity contribution is 6.03.